The van der Waals surface area contributed by atoms with Gasteiger partial charge in [0.25, 0.3) is 0 Å². The van der Waals surface area contributed by atoms with Crippen LogP contribution in [-0.4, -0.2) is 91.6 Å². The maximum absolute atomic E-state index is 14.9. The molecule has 4 nitrogen and oxygen atoms in total. The average molecular weight is 855 g/mol. The van der Waals surface area contributed by atoms with Crippen molar-refractivity contribution >= 4 is 7.82 Å². The first-order chi connectivity index (χ1) is 23.4. The van der Waals surface area contributed by atoms with E-state index in [2.05, 4.69) is 13.6 Å². The van der Waals surface area contributed by atoms with Crippen LogP contribution in [0.25, 0.3) is 0 Å². The number of rotatable bonds is 24. The first kappa shape index (κ1) is 51.6. The highest BCUT2D eigenvalue weighted by Gasteiger charge is 2.76. The normalized spacial score (nSPS) is 19.7. The van der Waals surface area contributed by atoms with Crippen molar-refractivity contribution in [2.75, 3.05) is 20.0 Å². The van der Waals surface area contributed by atoms with E-state index in [4.69, 9.17) is 0 Å². The standard InChI is InChI=1S/C27H36F21O4P/c1-7-16(13(4)22(37,38)25(43,44)19(31,32)10-28)50-53(49,51-17(8-2)14(5)23(39,40)26(45,46)20(33,34)11-29)52-18(9-3)15(6)24(41,42)27(47,48)21(35,36)12-30/h13-18H,7-12H2,1-6H3. The fraction of sp³-hybridized carbons (Fsp3) is 1.00. The van der Waals surface area contributed by atoms with Crippen LogP contribution in [0.5, 0.6) is 0 Å². The number of hydrogen-bond acceptors (Lipinski definition) is 4. The first-order valence-corrected chi connectivity index (χ1v) is 16.6. The largest absolute Gasteiger partial charge is 0.475 e. The minimum Gasteiger partial charge on any atom is -0.283 e. The molecule has 0 fully saturated rings. The van der Waals surface area contributed by atoms with Gasteiger partial charge in [-0.05, 0) is 19.3 Å². The summed E-state index contributed by atoms with van der Waals surface area (Å²) >= 11 is 0. The van der Waals surface area contributed by atoms with Gasteiger partial charge in [-0.2, -0.15) is 79.0 Å². The molecule has 0 aliphatic carbocycles. The highest BCUT2D eigenvalue weighted by atomic mass is 31.2. The Bertz CT molecular complexity index is 1070. The Morgan fingerprint density at radius 3 is 0.717 bits per heavy atom. The van der Waals surface area contributed by atoms with E-state index < -0.39 is 136 Å². The van der Waals surface area contributed by atoms with E-state index in [1.165, 1.54) is 0 Å². The summed E-state index contributed by atoms with van der Waals surface area (Å²) in [7, 11) is -6.63. The lowest BCUT2D eigenvalue weighted by Crippen LogP contribution is -2.60. The molecule has 26 heteroatoms. The zero-order valence-electron chi connectivity index (χ0n) is 28.2. The predicted octanol–water partition coefficient (Wildman–Crippen LogP) is 12.0. The Hall–Kier alpha value is -1.36. The van der Waals surface area contributed by atoms with Crippen LogP contribution in [0.4, 0.5) is 92.2 Å². The molecule has 0 bridgehead atoms. The number of halogens is 21. The molecule has 320 valence electrons. The van der Waals surface area contributed by atoms with Gasteiger partial charge in [-0.3, -0.25) is 13.6 Å². The van der Waals surface area contributed by atoms with Gasteiger partial charge in [-0.25, -0.2) is 17.7 Å². The van der Waals surface area contributed by atoms with Gasteiger partial charge in [0.05, 0.1) is 36.1 Å². The molecule has 53 heavy (non-hydrogen) atoms. The molecular weight excluding hydrogens is 818 g/mol. The lowest BCUT2D eigenvalue weighted by Gasteiger charge is -2.41. The monoisotopic (exact) mass is 854 g/mol. The number of phosphoric acid groups is 1. The maximum Gasteiger partial charge on any atom is 0.475 e. The van der Waals surface area contributed by atoms with Crippen LogP contribution in [0.3, 0.4) is 0 Å². The molecule has 0 amide bonds. The molecule has 0 saturated carbocycles. The molecule has 0 rings (SSSR count). The van der Waals surface area contributed by atoms with Crippen LogP contribution in [-0.2, 0) is 18.1 Å². The Balaban J connectivity index is 7.49. The zero-order chi connectivity index (χ0) is 42.8. The Kier molecular flexibility index (Phi) is 16.6. The molecule has 0 aromatic carbocycles. The second-order valence-electron chi connectivity index (χ2n) is 12.1. The second-order valence-corrected chi connectivity index (χ2v) is 13.6. The number of phosphoric ester groups is 1. The predicted molar refractivity (Wildman–Crippen MR) is 143 cm³/mol. The zero-order valence-corrected chi connectivity index (χ0v) is 29.1. The van der Waals surface area contributed by atoms with Crippen molar-refractivity contribution in [3.05, 3.63) is 0 Å². The summed E-state index contributed by atoms with van der Waals surface area (Å²) in [6.45, 7) is -8.48. The summed E-state index contributed by atoms with van der Waals surface area (Å²) in [5.74, 6) is -67.1. The van der Waals surface area contributed by atoms with Gasteiger partial charge in [0, 0.05) is 0 Å². The van der Waals surface area contributed by atoms with E-state index in [9.17, 15) is 96.8 Å². The lowest BCUT2D eigenvalue weighted by molar-refractivity contribution is -0.333. The molecule has 0 aliphatic heterocycles. The van der Waals surface area contributed by atoms with Crippen molar-refractivity contribution in [1.29, 1.82) is 0 Å². The van der Waals surface area contributed by atoms with Crippen LogP contribution in [0, 0.1) is 17.8 Å². The summed E-state index contributed by atoms with van der Waals surface area (Å²) < 4.78 is 322. The van der Waals surface area contributed by atoms with Crippen molar-refractivity contribution in [2.45, 2.75) is 132 Å². The van der Waals surface area contributed by atoms with E-state index in [0.717, 1.165) is 0 Å². The molecule has 0 radical (unpaired) electrons. The maximum atomic E-state index is 14.9. The van der Waals surface area contributed by atoms with Gasteiger partial charge >= 0.3 is 61.1 Å². The summed E-state index contributed by atoms with van der Waals surface area (Å²) in [4.78, 5) is 0. The summed E-state index contributed by atoms with van der Waals surface area (Å²) in [6, 6.07) is 0. The van der Waals surface area contributed by atoms with Crippen LogP contribution >= 0.6 is 7.82 Å². The van der Waals surface area contributed by atoms with Gasteiger partial charge < -0.3 is 0 Å². The molecule has 0 aromatic heterocycles. The number of alkyl halides is 21. The Morgan fingerprint density at radius 1 is 0.415 bits per heavy atom. The van der Waals surface area contributed by atoms with E-state index in [0.29, 0.717) is 20.8 Å². The summed E-state index contributed by atoms with van der Waals surface area (Å²) in [5, 5.41) is 0. The third-order valence-electron chi connectivity index (χ3n) is 8.53. The van der Waals surface area contributed by atoms with Crippen molar-refractivity contribution in [2.24, 2.45) is 17.8 Å². The summed E-state index contributed by atoms with van der Waals surface area (Å²) in [6.07, 6.45) is -12.8. The van der Waals surface area contributed by atoms with Crippen LogP contribution in [0.2, 0.25) is 0 Å². The molecular formula is C27H36F21O4P. The van der Waals surface area contributed by atoms with Crippen LogP contribution in [0.1, 0.15) is 60.8 Å². The molecule has 0 N–H and O–H groups in total. The van der Waals surface area contributed by atoms with Crippen molar-refractivity contribution in [1.82, 2.24) is 0 Å². The third kappa shape index (κ3) is 9.44. The van der Waals surface area contributed by atoms with E-state index in [1.807, 2.05) is 0 Å². The highest BCUT2D eigenvalue weighted by molar-refractivity contribution is 7.48. The molecule has 0 heterocycles. The van der Waals surface area contributed by atoms with E-state index in [-0.39, 0.29) is 20.8 Å². The Morgan fingerprint density at radius 2 is 0.585 bits per heavy atom. The van der Waals surface area contributed by atoms with Gasteiger partial charge in [-0.15, -0.1) is 0 Å². The van der Waals surface area contributed by atoms with Crippen molar-refractivity contribution < 1.29 is 110 Å². The first-order valence-electron chi connectivity index (χ1n) is 15.1. The smallest absolute Gasteiger partial charge is 0.283 e. The van der Waals surface area contributed by atoms with E-state index in [1.54, 1.807) is 0 Å². The second kappa shape index (κ2) is 17.0. The molecule has 0 aliphatic rings. The Labute approximate surface area is 289 Å². The molecule has 0 saturated heterocycles. The summed E-state index contributed by atoms with van der Waals surface area (Å²) in [5.41, 5.74) is 0. The van der Waals surface area contributed by atoms with Crippen molar-refractivity contribution in [3.63, 3.8) is 0 Å². The highest BCUT2D eigenvalue weighted by Crippen LogP contribution is 2.61. The molecule has 6 unspecified atom stereocenters. The minimum atomic E-state index is -6.64. The fourth-order valence-electron chi connectivity index (χ4n) is 4.67. The number of hydrogen-bond donors (Lipinski definition) is 0. The van der Waals surface area contributed by atoms with Crippen molar-refractivity contribution in [3.8, 4) is 0 Å². The van der Waals surface area contributed by atoms with Gasteiger partial charge in [-0.1, -0.05) is 41.5 Å². The molecule has 0 aromatic rings. The average Bonchev–Trinajstić information content (AvgIpc) is 3.06. The lowest BCUT2D eigenvalue weighted by atomic mass is 9.88. The van der Waals surface area contributed by atoms with Gasteiger partial charge in [0.1, 0.15) is 0 Å². The SMILES string of the molecule is CCC(OP(=O)(OC(CC)C(C)C(F)(F)C(F)(F)C(F)(F)CF)OC(CC)C(C)C(F)(F)C(F)(F)C(F)(F)CF)C(C)C(F)(F)C(F)(F)C(F)(F)CF. The van der Waals surface area contributed by atoms with E-state index >= 15 is 0 Å². The minimum absolute atomic E-state index is 0.0674. The van der Waals surface area contributed by atoms with Crippen LogP contribution in [0.15, 0.2) is 0 Å². The van der Waals surface area contributed by atoms with Crippen LogP contribution < -0.4 is 0 Å². The third-order valence-corrected chi connectivity index (χ3v) is 10.1. The van der Waals surface area contributed by atoms with Gasteiger partial charge in [0.15, 0.2) is 20.0 Å². The fourth-order valence-corrected chi connectivity index (χ4v) is 6.81. The molecule has 6 atom stereocenters. The molecule has 0 spiro atoms. The van der Waals surface area contributed by atoms with Gasteiger partial charge in [0.2, 0.25) is 0 Å². The topological polar surface area (TPSA) is 44.8 Å². The quantitative estimate of drug-likeness (QED) is 0.0717.